The number of hydrogen-bond acceptors (Lipinski definition) is 3. The van der Waals surface area contributed by atoms with E-state index >= 15 is 0 Å². The Labute approximate surface area is 147 Å². The molecule has 0 fully saturated rings. The first-order chi connectivity index (χ1) is 11.6. The molecule has 0 radical (unpaired) electrons. The summed E-state index contributed by atoms with van der Waals surface area (Å²) in [6.07, 6.45) is 0. The standard InChI is InChI=1S/C20H13BrO3/c21-14-10-11-18(22)17(12-14)20(13-6-2-1-3-7-13)16-9-5-4-8-15(16)19(23)24-20/h1-12,22H/t20-/m0/s1. The number of phenolic OH excluding ortho intramolecular Hbond substituents is 1. The van der Waals surface area contributed by atoms with Gasteiger partial charge in [0, 0.05) is 21.2 Å². The Bertz CT molecular complexity index is 937. The minimum absolute atomic E-state index is 0.0755. The predicted octanol–water partition coefficient (Wildman–Crippen LogP) is 4.62. The molecule has 1 heterocycles. The van der Waals surface area contributed by atoms with Gasteiger partial charge >= 0.3 is 5.97 Å². The predicted molar refractivity (Wildman–Crippen MR) is 94.0 cm³/mol. The monoisotopic (exact) mass is 380 g/mol. The first kappa shape index (κ1) is 15.0. The summed E-state index contributed by atoms with van der Waals surface area (Å²) in [5, 5.41) is 10.5. The Morgan fingerprint density at radius 2 is 1.58 bits per heavy atom. The van der Waals surface area contributed by atoms with Crippen LogP contribution in [-0.2, 0) is 10.3 Å². The van der Waals surface area contributed by atoms with Crippen molar-refractivity contribution in [1.82, 2.24) is 0 Å². The molecule has 3 aromatic carbocycles. The van der Waals surface area contributed by atoms with Crippen LogP contribution in [0.1, 0.15) is 27.0 Å². The number of phenols is 1. The van der Waals surface area contributed by atoms with Crippen LogP contribution >= 0.6 is 15.9 Å². The van der Waals surface area contributed by atoms with Crippen molar-refractivity contribution in [2.45, 2.75) is 5.60 Å². The molecule has 0 unspecified atom stereocenters. The Balaban J connectivity index is 2.11. The van der Waals surface area contributed by atoms with Crippen molar-refractivity contribution in [3.63, 3.8) is 0 Å². The molecule has 0 amide bonds. The van der Waals surface area contributed by atoms with Gasteiger partial charge in [-0.25, -0.2) is 4.79 Å². The summed E-state index contributed by atoms with van der Waals surface area (Å²) in [4.78, 5) is 12.5. The molecule has 0 spiro atoms. The maximum atomic E-state index is 12.5. The molecule has 0 saturated heterocycles. The first-order valence-electron chi connectivity index (χ1n) is 7.50. The maximum absolute atomic E-state index is 12.5. The van der Waals surface area contributed by atoms with Gasteiger partial charge in [-0.05, 0) is 24.3 Å². The van der Waals surface area contributed by atoms with Gasteiger partial charge in [0.2, 0.25) is 0 Å². The minimum Gasteiger partial charge on any atom is -0.507 e. The lowest BCUT2D eigenvalue weighted by atomic mass is 9.79. The van der Waals surface area contributed by atoms with Crippen molar-refractivity contribution in [1.29, 1.82) is 0 Å². The molecule has 118 valence electrons. The highest BCUT2D eigenvalue weighted by Crippen LogP contribution is 2.49. The minimum atomic E-state index is -1.16. The number of rotatable bonds is 2. The molecule has 3 aromatic rings. The largest absolute Gasteiger partial charge is 0.507 e. The van der Waals surface area contributed by atoms with Gasteiger partial charge in [-0.2, -0.15) is 0 Å². The summed E-state index contributed by atoms with van der Waals surface area (Å²) >= 11 is 3.44. The maximum Gasteiger partial charge on any atom is 0.340 e. The molecule has 0 bridgehead atoms. The Morgan fingerprint density at radius 3 is 2.38 bits per heavy atom. The van der Waals surface area contributed by atoms with E-state index in [1.165, 1.54) is 0 Å². The third-order valence-corrected chi connectivity index (χ3v) is 4.78. The SMILES string of the molecule is O=C1O[C@](c2ccccc2)(c2cc(Br)ccc2O)c2ccccc21. The molecular formula is C20H13BrO3. The number of benzene rings is 3. The van der Waals surface area contributed by atoms with Crippen LogP contribution in [0.5, 0.6) is 5.75 Å². The lowest BCUT2D eigenvalue weighted by molar-refractivity contribution is 0.0245. The Hall–Kier alpha value is -2.59. The second kappa shape index (κ2) is 5.49. The average molecular weight is 381 g/mol. The smallest absolute Gasteiger partial charge is 0.340 e. The summed E-state index contributed by atoms with van der Waals surface area (Å²) < 4.78 is 6.70. The number of esters is 1. The topological polar surface area (TPSA) is 46.5 Å². The summed E-state index contributed by atoms with van der Waals surface area (Å²) in [6.45, 7) is 0. The lowest BCUT2D eigenvalue weighted by Crippen LogP contribution is -2.29. The van der Waals surface area contributed by atoms with Crippen LogP contribution in [0.15, 0.2) is 77.3 Å². The van der Waals surface area contributed by atoms with Crippen LogP contribution in [0.2, 0.25) is 0 Å². The van der Waals surface area contributed by atoms with Crippen molar-refractivity contribution in [3.8, 4) is 5.75 Å². The lowest BCUT2D eigenvalue weighted by Gasteiger charge is -2.30. The molecule has 1 aliphatic rings. The van der Waals surface area contributed by atoms with Crippen molar-refractivity contribution < 1.29 is 14.6 Å². The van der Waals surface area contributed by atoms with Crippen molar-refractivity contribution >= 4 is 21.9 Å². The fraction of sp³-hybridized carbons (Fsp3) is 0.0500. The van der Waals surface area contributed by atoms with E-state index in [9.17, 15) is 9.90 Å². The molecule has 4 heteroatoms. The Kier molecular flexibility index (Phi) is 3.43. The fourth-order valence-electron chi connectivity index (χ4n) is 3.25. The van der Waals surface area contributed by atoms with Gasteiger partial charge in [-0.1, -0.05) is 64.5 Å². The molecule has 24 heavy (non-hydrogen) atoms. The molecule has 1 atom stereocenters. The molecule has 0 aromatic heterocycles. The highest BCUT2D eigenvalue weighted by Gasteiger charge is 2.49. The fourth-order valence-corrected chi connectivity index (χ4v) is 3.61. The number of cyclic esters (lactones) is 1. The zero-order chi connectivity index (χ0) is 16.7. The third-order valence-electron chi connectivity index (χ3n) is 4.29. The van der Waals surface area contributed by atoms with Crippen molar-refractivity contribution in [2.75, 3.05) is 0 Å². The average Bonchev–Trinajstić information content (AvgIpc) is 2.92. The van der Waals surface area contributed by atoms with E-state index < -0.39 is 11.6 Å². The number of carbonyl (C=O) groups excluding carboxylic acids is 1. The first-order valence-corrected chi connectivity index (χ1v) is 8.29. The number of halogens is 1. The molecule has 0 aliphatic carbocycles. The summed E-state index contributed by atoms with van der Waals surface area (Å²) in [5.41, 5.74) is 1.40. The van der Waals surface area contributed by atoms with Crippen LogP contribution in [0, 0.1) is 0 Å². The van der Waals surface area contributed by atoms with Gasteiger partial charge in [0.15, 0.2) is 5.60 Å². The molecule has 4 rings (SSSR count). The molecule has 3 nitrogen and oxygen atoms in total. The van der Waals surface area contributed by atoms with Crippen molar-refractivity contribution in [2.24, 2.45) is 0 Å². The van der Waals surface area contributed by atoms with E-state index in [1.807, 2.05) is 48.5 Å². The van der Waals surface area contributed by atoms with Gasteiger partial charge in [0.25, 0.3) is 0 Å². The molecule has 0 saturated carbocycles. The third kappa shape index (κ3) is 2.07. The van der Waals surface area contributed by atoms with E-state index in [2.05, 4.69) is 15.9 Å². The van der Waals surface area contributed by atoms with Gasteiger partial charge in [0.05, 0.1) is 5.56 Å². The number of aromatic hydroxyl groups is 1. The molecular weight excluding hydrogens is 368 g/mol. The number of hydrogen-bond donors (Lipinski definition) is 1. The van der Waals surface area contributed by atoms with Gasteiger partial charge < -0.3 is 9.84 Å². The highest BCUT2D eigenvalue weighted by molar-refractivity contribution is 9.10. The zero-order valence-corrected chi connectivity index (χ0v) is 14.2. The van der Waals surface area contributed by atoms with Crippen molar-refractivity contribution in [3.05, 3.63) is 99.5 Å². The van der Waals surface area contributed by atoms with E-state index in [4.69, 9.17) is 4.74 Å². The second-order valence-corrected chi connectivity index (χ2v) is 6.56. The zero-order valence-electron chi connectivity index (χ0n) is 12.6. The quantitative estimate of drug-likeness (QED) is 0.659. The molecule has 1 aliphatic heterocycles. The highest BCUT2D eigenvalue weighted by atomic mass is 79.9. The summed E-state index contributed by atoms with van der Waals surface area (Å²) in [6, 6.07) is 21.9. The van der Waals surface area contributed by atoms with Crippen LogP contribution in [-0.4, -0.2) is 11.1 Å². The Morgan fingerprint density at radius 1 is 0.875 bits per heavy atom. The van der Waals surface area contributed by atoms with E-state index in [0.717, 1.165) is 15.6 Å². The molecule has 1 N–H and O–H groups in total. The number of fused-ring (bicyclic) bond motifs is 1. The van der Waals surface area contributed by atoms with Crippen LogP contribution in [0.4, 0.5) is 0 Å². The second-order valence-electron chi connectivity index (χ2n) is 5.64. The van der Waals surface area contributed by atoms with Gasteiger partial charge in [0.1, 0.15) is 5.75 Å². The van der Waals surface area contributed by atoms with E-state index in [-0.39, 0.29) is 5.75 Å². The van der Waals surface area contributed by atoms with Crippen LogP contribution in [0.25, 0.3) is 0 Å². The van der Waals surface area contributed by atoms with Crippen LogP contribution < -0.4 is 0 Å². The van der Waals surface area contributed by atoms with E-state index in [1.54, 1.807) is 24.3 Å². The summed E-state index contributed by atoms with van der Waals surface area (Å²) in [5.74, 6) is -0.319. The number of ether oxygens (including phenoxy) is 1. The van der Waals surface area contributed by atoms with Gasteiger partial charge in [-0.15, -0.1) is 0 Å². The normalized spacial score (nSPS) is 19.0. The van der Waals surface area contributed by atoms with Crippen LogP contribution in [0.3, 0.4) is 0 Å². The van der Waals surface area contributed by atoms with Gasteiger partial charge in [-0.3, -0.25) is 0 Å². The van der Waals surface area contributed by atoms with E-state index in [0.29, 0.717) is 11.1 Å². The number of carbonyl (C=O) groups is 1. The summed E-state index contributed by atoms with van der Waals surface area (Å²) in [7, 11) is 0.